The van der Waals surface area contributed by atoms with Gasteiger partial charge in [-0.3, -0.25) is 0 Å². The predicted molar refractivity (Wildman–Crippen MR) is 88.3 cm³/mol. The largest absolute Gasteiger partial charge is 0.313 e. The monoisotopic (exact) mass is 271 g/mol. The van der Waals surface area contributed by atoms with Gasteiger partial charge in [-0.1, -0.05) is 42.7 Å². The van der Waals surface area contributed by atoms with Gasteiger partial charge in [0, 0.05) is 6.04 Å². The Bertz CT molecular complexity index is 459. The maximum Gasteiger partial charge on any atom is 0.0317 e. The van der Waals surface area contributed by atoms with E-state index in [4.69, 9.17) is 0 Å². The van der Waals surface area contributed by atoms with Crippen LogP contribution in [-0.2, 0) is 6.42 Å². The molecule has 1 aromatic rings. The van der Waals surface area contributed by atoms with E-state index in [2.05, 4.69) is 50.5 Å². The van der Waals surface area contributed by atoms with E-state index >= 15 is 0 Å². The molecule has 1 aromatic carbocycles. The van der Waals surface area contributed by atoms with Crippen molar-refractivity contribution in [3.8, 4) is 0 Å². The van der Waals surface area contributed by atoms with Crippen LogP contribution in [0.5, 0.6) is 0 Å². The first-order valence-electron chi connectivity index (χ1n) is 8.13. The lowest BCUT2D eigenvalue weighted by Gasteiger charge is -2.22. The summed E-state index contributed by atoms with van der Waals surface area (Å²) in [5, 5.41) is 3.53. The number of rotatable bonds is 4. The van der Waals surface area contributed by atoms with Crippen molar-refractivity contribution in [1.82, 2.24) is 5.32 Å². The molecular weight excluding hydrogens is 242 g/mol. The third-order valence-electron chi connectivity index (χ3n) is 4.63. The molecule has 1 aliphatic rings. The lowest BCUT2D eigenvalue weighted by atomic mass is 9.91. The van der Waals surface area contributed by atoms with Crippen LogP contribution in [0, 0.1) is 13.8 Å². The number of likely N-dealkylation sites (N-methyl/N-ethyl adjacent to an activating group) is 1. The van der Waals surface area contributed by atoms with E-state index in [9.17, 15) is 0 Å². The van der Waals surface area contributed by atoms with Crippen LogP contribution in [0.4, 0.5) is 0 Å². The molecule has 1 N–H and O–H groups in total. The summed E-state index contributed by atoms with van der Waals surface area (Å²) in [5.74, 6) is 0. The minimum Gasteiger partial charge on any atom is -0.313 e. The molecule has 0 aliphatic heterocycles. The Balaban J connectivity index is 2.08. The zero-order valence-electron chi connectivity index (χ0n) is 13.3. The zero-order valence-corrected chi connectivity index (χ0v) is 13.3. The molecule has 1 heteroatoms. The second kappa shape index (κ2) is 7.64. The molecule has 0 bridgehead atoms. The first kappa shape index (κ1) is 15.3. The van der Waals surface area contributed by atoms with Crippen molar-refractivity contribution in [2.75, 3.05) is 7.05 Å². The Morgan fingerprint density at radius 1 is 1.05 bits per heavy atom. The summed E-state index contributed by atoms with van der Waals surface area (Å²) in [6.07, 6.45) is 11.7. The van der Waals surface area contributed by atoms with Gasteiger partial charge in [-0.2, -0.15) is 0 Å². The molecule has 0 radical (unpaired) electrons. The van der Waals surface area contributed by atoms with Gasteiger partial charge in [0.2, 0.25) is 0 Å². The Morgan fingerprint density at radius 2 is 1.85 bits per heavy atom. The normalized spacial score (nSPS) is 20.6. The summed E-state index contributed by atoms with van der Waals surface area (Å²) in [6, 6.07) is 7.40. The Kier molecular flexibility index (Phi) is 5.85. The third-order valence-corrected chi connectivity index (χ3v) is 4.63. The second-order valence-electron chi connectivity index (χ2n) is 6.20. The van der Waals surface area contributed by atoms with Gasteiger partial charge in [0.05, 0.1) is 0 Å². The molecule has 0 aromatic heterocycles. The fraction of sp³-hybridized carbons (Fsp3) is 0.579. The van der Waals surface area contributed by atoms with Crippen molar-refractivity contribution in [1.29, 1.82) is 0 Å². The molecule has 1 nitrogen and oxygen atoms in total. The maximum atomic E-state index is 3.53. The first-order chi connectivity index (χ1) is 9.70. The highest BCUT2D eigenvalue weighted by Crippen LogP contribution is 2.22. The first-order valence-corrected chi connectivity index (χ1v) is 8.13. The molecule has 1 aliphatic carbocycles. The van der Waals surface area contributed by atoms with Crippen LogP contribution in [0.25, 0.3) is 0 Å². The molecule has 110 valence electrons. The predicted octanol–water partition coefficient (Wildman–Crippen LogP) is 4.71. The average Bonchev–Trinajstić information content (AvgIpc) is 2.40. The summed E-state index contributed by atoms with van der Waals surface area (Å²) in [7, 11) is 2.10. The van der Waals surface area contributed by atoms with E-state index in [1.807, 2.05) is 0 Å². The molecule has 0 fully saturated rings. The molecular formula is C19H29N. The number of allylic oxidation sites excluding steroid dienone is 1. The number of aryl methyl sites for hydroxylation is 2. The Labute approximate surface area is 124 Å². The molecule has 0 amide bonds. The van der Waals surface area contributed by atoms with Crippen molar-refractivity contribution in [3.05, 3.63) is 46.5 Å². The Morgan fingerprint density at radius 3 is 2.60 bits per heavy atom. The van der Waals surface area contributed by atoms with Crippen LogP contribution >= 0.6 is 0 Å². The van der Waals surface area contributed by atoms with Gasteiger partial charge in [-0.25, -0.2) is 0 Å². The molecule has 2 rings (SSSR count). The van der Waals surface area contributed by atoms with Crippen molar-refractivity contribution in [3.63, 3.8) is 0 Å². The number of hydrogen-bond donors (Lipinski definition) is 1. The van der Waals surface area contributed by atoms with E-state index in [-0.39, 0.29) is 0 Å². The molecule has 20 heavy (non-hydrogen) atoms. The summed E-state index contributed by atoms with van der Waals surface area (Å²) >= 11 is 0. The van der Waals surface area contributed by atoms with E-state index < -0.39 is 0 Å². The summed E-state index contributed by atoms with van der Waals surface area (Å²) in [6.45, 7) is 4.40. The number of benzene rings is 1. The molecule has 1 unspecified atom stereocenters. The molecule has 1 atom stereocenters. The minimum absolute atomic E-state index is 0.509. The van der Waals surface area contributed by atoms with Crippen LogP contribution in [0.15, 0.2) is 29.8 Å². The van der Waals surface area contributed by atoms with Crippen LogP contribution in [0.2, 0.25) is 0 Å². The van der Waals surface area contributed by atoms with Crippen LogP contribution < -0.4 is 5.32 Å². The van der Waals surface area contributed by atoms with Gasteiger partial charge in [0.1, 0.15) is 0 Å². The quantitative estimate of drug-likeness (QED) is 0.782. The van der Waals surface area contributed by atoms with Crippen molar-refractivity contribution in [2.24, 2.45) is 0 Å². The number of hydrogen-bond acceptors (Lipinski definition) is 1. The van der Waals surface area contributed by atoms with E-state index in [0.717, 1.165) is 6.42 Å². The average molecular weight is 271 g/mol. The fourth-order valence-electron chi connectivity index (χ4n) is 3.12. The summed E-state index contributed by atoms with van der Waals surface area (Å²) in [5.41, 5.74) is 5.88. The van der Waals surface area contributed by atoms with Gasteiger partial charge in [0.15, 0.2) is 0 Å². The van der Waals surface area contributed by atoms with Crippen molar-refractivity contribution < 1.29 is 0 Å². The SMILES string of the molecule is CNC(Cc1ccc(C)c(C)c1)/C1=C/CCCCCC1. The highest BCUT2D eigenvalue weighted by atomic mass is 14.9. The van der Waals surface area contributed by atoms with Gasteiger partial charge >= 0.3 is 0 Å². The maximum absolute atomic E-state index is 3.53. The molecule has 0 heterocycles. The van der Waals surface area contributed by atoms with Gasteiger partial charge < -0.3 is 5.32 Å². The smallest absolute Gasteiger partial charge is 0.0317 e. The van der Waals surface area contributed by atoms with E-state index in [0.29, 0.717) is 6.04 Å². The highest BCUT2D eigenvalue weighted by Gasteiger charge is 2.14. The Hall–Kier alpha value is -1.08. The van der Waals surface area contributed by atoms with Crippen LogP contribution in [0.3, 0.4) is 0 Å². The fourth-order valence-corrected chi connectivity index (χ4v) is 3.12. The van der Waals surface area contributed by atoms with Crippen LogP contribution in [-0.4, -0.2) is 13.1 Å². The minimum atomic E-state index is 0.509. The van der Waals surface area contributed by atoms with Crippen molar-refractivity contribution >= 4 is 0 Å². The van der Waals surface area contributed by atoms with E-state index in [1.54, 1.807) is 5.57 Å². The summed E-state index contributed by atoms with van der Waals surface area (Å²) in [4.78, 5) is 0. The van der Waals surface area contributed by atoms with Gasteiger partial charge in [0.25, 0.3) is 0 Å². The van der Waals surface area contributed by atoms with Crippen LogP contribution in [0.1, 0.15) is 55.2 Å². The molecule has 0 saturated carbocycles. The lowest BCUT2D eigenvalue weighted by molar-refractivity contribution is 0.557. The zero-order chi connectivity index (χ0) is 14.4. The molecule has 0 spiro atoms. The van der Waals surface area contributed by atoms with Gasteiger partial charge in [-0.15, -0.1) is 0 Å². The standard InChI is InChI=1S/C19H29N/c1-15-11-12-17(13-16(15)2)14-19(20-3)18-9-7-5-4-6-8-10-18/h9,11-13,19-20H,4-8,10,14H2,1-3H3/b18-9+. The number of nitrogens with one attached hydrogen (secondary N) is 1. The highest BCUT2D eigenvalue weighted by molar-refractivity contribution is 5.31. The second-order valence-corrected chi connectivity index (χ2v) is 6.20. The van der Waals surface area contributed by atoms with Crippen molar-refractivity contribution in [2.45, 2.75) is 64.8 Å². The topological polar surface area (TPSA) is 12.0 Å². The summed E-state index contributed by atoms with van der Waals surface area (Å²) < 4.78 is 0. The third kappa shape index (κ3) is 4.21. The van der Waals surface area contributed by atoms with E-state index in [1.165, 1.54) is 55.2 Å². The van der Waals surface area contributed by atoms with Gasteiger partial charge in [-0.05, 0) is 69.7 Å². The lowest BCUT2D eigenvalue weighted by Crippen LogP contribution is -2.30. The molecule has 0 saturated heterocycles.